The van der Waals surface area contributed by atoms with Crippen LogP contribution >= 0.6 is 0 Å². The van der Waals surface area contributed by atoms with Gasteiger partial charge < -0.3 is 10.4 Å². The highest BCUT2D eigenvalue weighted by Crippen LogP contribution is 2.04. The summed E-state index contributed by atoms with van der Waals surface area (Å²) in [5, 5.41) is 12.0. The molecule has 13 heavy (non-hydrogen) atoms. The van der Waals surface area contributed by atoms with Crippen LogP contribution in [-0.4, -0.2) is 24.3 Å². The van der Waals surface area contributed by atoms with Crippen molar-refractivity contribution in [2.24, 2.45) is 0 Å². The summed E-state index contributed by atoms with van der Waals surface area (Å²) in [7, 11) is 0. The Morgan fingerprint density at radius 3 is 2.54 bits per heavy atom. The Balaban J connectivity index is 3.05. The zero-order valence-corrected chi connectivity index (χ0v) is 9.18. The number of hydrogen-bond donors (Lipinski definition) is 2. The Morgan fingerprint density at radius 2 is 1.92 bits per heavy atom. The summed E-state index contributed by atoms with van der Waals surface area (Å²) in [5.41, 5.74) is 0. The number of unbranched alkanes of at least 4 members (excludes halogenated alkanes) is 3. The second-order valence-electron chi connectivity index (χ2n) is 3.78. The quantitative estimate of drug-likeness (QED) is 0.543. The predicted molar refractivity (Wildman–Crippen MR) is 57.9 cm³/mol. The van der Waals surface area contributed by atoms with Crippen LogP contribution in [0.15, 0.2) is 0 Å². The van der Waals surface area contributed by atoms with Crippen LogP contribution in [0.1, 0.15) is 52.4 Å². The van der Waals surface area contributed by atoms with Crippen LogP contribution < -0.4 is 5.32 Å². The first-order valence-corrected chi connectivity index (χ1v) is 5.65. The van der Waals surface area contributed by atoms with Crippen molar-refractivity contribution in [2.75, 3.05) is 13.2 Å². The van der Waals surface area contributed by atoms with E-state index in [1.54, 1.807) is 0 Å². The fourth-order valence-electron chi connectivity index (χ4n) is 1.41. The van der Waals surface area contributed by atoms with E-state index in [0.717, 1.165) is 13.0 Å². The third-order valence-corrected chi connectivity index (χ3v) is 2.32. The van der Waals surface area contributed by atoms with E-state index in [1.165, 1.54) is 32.1 Å². The maximum absolute atomic E-state index is 8.59. The van der Waals surface area contributed by atoms with Crippen molar-refractivity contribution in [3.05, 3.63) is 0 Å². The highest BCUT2D eigenvalue weighted by molar-refractivity contribution is 4.60. The van der Waals surface area contributed by atoms with Crippen molar-refractivity contribution in [2.45, 2.75) is 58.4 Å². The molecule has 0 aliphatic rings. The minimum absolute atomic E-state index is 0.301. The molecule has 0 aromatic carbocycles. The van der Waals surface area contributed by atoms with Crippen molar-refractivity contribution >= 4 is 0 Å². The smallest absolute Gasteiger partial charge is 0.0443 e. The summed E-state index contributed by atoms with van der Waals surface area (Å²) in [4.78, 5) is 0. The summed E-state index contributed by atoms with van der Waals surface area (Å²) in [6.07, 6.45) is 7.52. The molecule has 0 aromatic rings. The number of nitrogens with one attached hydrogen (secondary N) is 1. The van der Waals surface area contributed by atoms with Gasteiger partial charge in [0, 0.05) is 12.6 Å². The number of aliphatic hydroxyl groups is 1. The van der Waals surface area contributed by atoms with E-state index in [2.05, 4.69) is 19.2 Å². The van der Waals surface area contributed by atoms with Gasteiger partial charge in [-0.1, -0.05) is 32.6 Å². The van der Waals surface area contributed by atoms with Crippen molar-refractivity contribution in [3.63, 3.8) is 0 Å². The molecule has 0 radical (unpaired) electrons. The Morgan fingerprint density at radius 1 is 1.15 bits per heavy atom. The molecule has 80 valence electrons. The summed E-state index contributed by atoms with van der Waals surface area (Å²) in [6, 6.07) is 0.614. The van der Waals surface area contributed by atoms with Gasteiger partial charge in [0.2, 0.25) is 0 Å². The zero-order valence-electron chi connectivity index (χ0n) is 9.18. The van der Waals surface area contributed by atoms with Gasteiger partial charge in [-0.05, 0) is 26.3 Å². The van der Waals surface area contributed by atoms with Gasteiger partial charge in [-0.3, -0.25) is 0 Å². The first-order valence-electron chi connectivity index (χ1n) is 5.65. The van der Waals surface area contributed by atoms with E-state index >= 15 is 0 Å². The normalized spacial score (nSPS) is 13.2. The molecule has 0 aliphatic heterocycles. The third-order valence-electron chi connectivity index (χ3n) is 2.32. The van der Waals surface area contributed by atoms with Gasteiger partial charge in [-0.2, -0.15) is 0 Å². The lowest BCUT2D eigenvalue weighted by Gasteiger charge is -2.12. The summed E-state index contributed by atoms with van der Waals surface area (Å²) >= 11 is 0. The van der Waals surface area contributed by atoms with Crippen LogP contribution in [0.3, 0.4) is 0 Å². The zero-order chi connectivity index (χ0) is 9.94. The molecule has 0 aromatic heterocycles. The molecule has 0 amide bonds. The van der Waals surface area contributed by atoms with Gasteiger partial charge in [0.1, 0.15) is 0 Å². The number of hydrogen-bond acceptors (Lipinski definition) is 2. The van der Waals surface area contributed by atoms with Crippen LogP contribution in [0, 0.1) is 0 Å². The lowest BCUT2D eigenvalue weighted by atomic mass is 10.1. The second kappa shape index (κ2) is 10.0. The lowest BCUT2D eigenvalue weighted by molar-refractivity contribution is 0.283. The molecule has 0 heterocycles. The molecule has 0 spiro atoms. The molecule has 0 saturated carbocycles. The standard InChI is InChI=1S/C11H25NO/c1-3-4-5-6-8-11(2)12-9-7-10-13/h11-13H,3-10H2,1-2H3/t11-/m0/s1. The SMILES string of the molecule is CCCCCC[C@H](C)NCCCO. The van der Waals surface area contributed by atoms with Gasteiger partial charge in [0.25, 0.3) is 0 Å². The first kappa shape index (κ1) is 12.9. The minimum Gasteiger partial charge on any atom is -0.396 e. The van der Waals surface area contributed by atoms with Crippen molar-refractivity contribution in [1.29, 1.82) is 0 Å². The molecule has 2 nitrogen and oxygen atoms in total. The van der Waals surface area contributed by atoms with E-state index < -0.39 is 0 Å². The Hall–Kier alpha value is -0.0800. The second-order valence-corrected chi connectivity index (χ2v) is 3.78. The van der Waals surface area contributed by atoms with Gasteiger partial charge >= 0.3 is 0 Å². The minimum atomic E-state index is 0.301. The molecule has 2 N–H and O–H groups in total. The van der Waals surface area contributed by atoms with E-state index in [1.807, 2.05) is 0 Å². The number of rotatable bonds is 9. The topological polar surface area (TPSA) is 32.3 Å². The van der Waals surface area contributed by atoms with Gasteiger partial charge in [-0.15, -0.1) is 0 Å². The highest BCUT2D eigenvalue weighted by Gasteiger charge is 1.99. The van der Waals surface area contributed by atoms with E-state index in [9.17, 15) is 0 Å². The van der Waals surface area contributed by atoms with Gasteiger partial charge in [0.05, 0.1) is 0 Å². The van der Waals surface area contributed by atoms with E-state index in [0.29, 0.717) is 12.6 Å². The van der Waals surface area contributed by atoms with E-state index in [-0.39, 0.29) is 0 Å². The Labute approximate surface area is 82.7 Å². The summed E-state index contributed by atoms with van der Waals surface area (Å²) in [5.74, 6) is 0. The average molecular weight is 187 g/mol. The van der Waals surface area contributed by atoms with Crippen molar-refractivity contribution in [3.8, 4) is 0 Å². The summed E-state index contributed by atoms with van der Waals surface area (Å²) < 4.78 is 0. The lowest BCUT2D eigenvalue weighted by Crippen LogP contribution is -2.27. The molecule has 0 bridgehead atoms. The number of aliphatic hydroxyl groups excluding tert-OH is 1. The molecule has 0 aliphatic carbocycles. The fourth-order valence-corrected chi connectivity index (χ4v) is 1.41. The van der Waals surface area contributed by atoms with E-state index in [4.69, 9.17) is 5.11 Å². The van der Waals surface area contributed by atoms with Crippen molar-refractivity contribution < 1.29 is 5.11 Å². The van der Waals surface area contributed by atoms with Gasteiger partial charge in [-0.25, -0.2) is 0 Å². The molecule has 0 rings (SSSR count). The Bertz CT molecular complexity index is 96.1. The molecule has 0 fully saturated rings. The monoisotopic (exact) mass is 187 g/mol. The Kier molecular flexibility index (Phi) is 9.94. The van der Waals surface area contributed by atoms with Crippen LogP contribution in [0.25, 0.3) is 0 Å². The van der Waals surface area contributed by atoms with Crippen LogP contribution in [0.2, 0.25) is 0 Å². The summed E-state index contributed by atoms with van der Waals surface area (Å²) in [6.45, 7) is 5.72. The molecule has 2 heteroatoms. The highest BCUT2D eigenvalue weighted by atomic mass is 16.3. The first-order chi connectivity index (χ1) is 6.31. The predicted octanol–water partition coefficient (Wildman–Crippen LogP) is 2.32. The maximum atomic E-state index is 8.59. The largest absolute Gasteiger partial charge is 0.396 e. The third kappa shape index (κ3) is 9.84. The van der Waals surface area contributed by atoms with Crippen molar-refractivity contribution in [1.82, 2.24) is 5.32 Å². The van der Waals surface area contributed by atoms with Crippen LogP contribution in [0.4, 0.5) is 0 Å². The molecular formula is C11H25NO. The molecule has 0 unspecified atom stereocenters. The van der Waals surface area contributed by atoms with Crippen LogP contribution in [-0.2, 0) is 0 Å². The molecule has 1 atom stereocenters. The molecular weight excluding hydrogens is 162 g/mol. The molecule has 0 saturated heterocycles. The maximum Gasteiger partial charge on any atom is 0.0443 e. The van der Waals surface area contributed by atoms with Gasteiger partial charge in [0.15, 0.2) is 0 Å². The average Bonchev–Trinajstić information content (AvgIpc) is 2.13. The fraction of sp³-hybridized carbons (Fsp3) is 1.00. The van der Waals surface area contributed by atoms with Crippen LogP contribution in [0.5, 0.6) is 0 Å².